The summed E-state index contributed by atoms with van der Waals surface area (Å²) in [5.74, 6) is 0.208. The summed E-state index contributed by atoms with van der Waals surface area (Å²) in [6, 6.07) is 11.3. The molecule has 0 bridgehead atoms. The largest absolute Gasteiger partial charge is 0.338 e. The molecule has 0 saturated carbocycles. The number of rotatable bonds is 2. The van der Waals surface area contributed by atoms with Gasteiger partial charge in [-0.05, 0) is 37.1 Å². The number of benzene rings is 1. The van der Waals surface area contributed by atoms with Crippen molar-refractivity contribution in [2.45, 2.75) is 18.8 Å². The van der Waals surface area contributed by atoms with Crippen LogP contribution in [0, 0.1) is 0 Å². The molecule has 0 N–H and O–H groups in total. The molecule has 2 aromatic heterocycles. The van der Waals surface area contributed by atoms with Gasteiger partial charge in [-0.15, -0.1) is 11.3 Å². The van der Waals surface area contributed by atoms with Crippen LogP contribution in [0.15, 0.2) is 36.4 Å². The minimum Gasteiger partial charge on any atom is -0.338 e. The first-order chi connectivity index (χ1) is 12.1. The lowest BCUT2D eigenvalue weighted by Gasteiger charge is -2.32. The van der Waals surface area contributed by atoms with E-state index in [4.69, 9.17) is 28.2 Å². The van der Waals surface area contributed by atoms with E-state index >= 15 is 0 Å². The van der Waals surface area contributed by atoms with E-state index in [-0.39, 0.29) is 22.1 Å². The zero-order valence-electron chi connectivity index (χ0n) is 13.3. The third-order valence-electron chi connectivity index (χ3n) is 4.38. The number of thiazole rings is 1. The van der Waals surface area contributed by atoms with E-state index in [0.29, 0.717) is 12.1 Å². The first kappa shape index (κ1) is 16.8. The zero-order chi connectivity index (χ0) is 17.4. The third-order valence-corrected chi connectivity index (χ3v) is 5.96. The molecule has 1 aliphatic rings. The lowest BCUT2D eigenvalue weighted by atomic mass is 9.98. The molecule has 1 aromatic carbocycles. The van der Waals surface area contributed by atoms with Crippen molar-refractivity contribution in [2.75, 3.05) is 13.1 Å². The molecule has 128 valence electrons. The van der Waals surface area contributed by atoms with Crippen LogP contribution in [-0.4, -0.2) is 33.9 Å². The van der Waals surface area contributed by atoms with Crippen LogP contribution in [0.3, 0.4) is 0 Å². The average molecular weight is 392 g/mol. The molecule has 1 saturated heterocycles. The second-order valence-corrected chi connectivity index (χ2v) is 7.95. The molecule has 0 aliphatic carbocycles. The van der Waals surface area contributed by atoms with Crippen LogP contribution < -0.4 is 0 Å². The number of likely N-dealkylation sites (tertiary alicyclic amines) is 1. The van der Waals surface area contributed by atoms with Gasteiger partial charge in [0.25, 0.3) is 5.91 Å². The highest BCUT2D eigenvalue weighted by Crippen LogP contribution is 2.33. The van der Waals surface area contributed by atoms with Crippen molar-refractivity contribution in [1.82, 2.24) is 14.9 Å². The van der Waals surface area contributed by atoms with E-state index in [0.717, 1.165) is 29.9 Å². The summed E-state index contributed by atoms with van der Waals surface area (Å²) in [6.45, 7) is 1.40. The Morgan fingerprint density at radius 1 is 1.16 bits per heavy atom. The number of para-hydroxylation sites is 1. The minimum atomic E-state index is -0.0583. The van der Waals surface area contributed by atoms with Crippen LogP contribution in [-0.2, 0) is 0 Å². The average Bonchev–Trinajstić information content (AvgIpc) is 3.04. The molecule has 3 heterocycles. The molecule has 1 amide bonds. The lowest BCUT2D eigenvalue weighted by Crippen LogP contribution is -2.39. The van der Waals surface area contributed by atoms with Gasteiger partial charge in [0.05, 0.1) is 15.2 Å². The molecule has 1 aliphatic heterocycles. The summed E-state index contributed by atoms with van der Waals surface area (Å²) < 4.78 is 1.19. The second-order valence-electron chi connectivity index (χ2n) is 6.11. The van der Waals surface area contributed by atoms with Crippen molar-refractivity contribution in [1.29, 1.82) is 0 Å². The van der Waals surface area contributed by atoms with Gasteiger partial charge in [0.2, 0.25) is 0 Å². The van der Waals surface area contributed by atoms with Gasteiger partial charge in [-0.3, -0.25) is 4.79 Å². The normalized spacial score (nSPS) is 17.8. The number of piperidine rings is 1. The van der Waals surface area contributed by atoms with Crippen molar-refractivity contribution < 1.29 is 4.79 Å². The highest BCUT2D eigenvalue weighted by Gasteiger charge is 2.28. The number of amides is 1. The predicted molar refractivity (Wildman–Crippen MR) is 102 cm³/mol. The molecular weight excluding hydrogens is 377 g/mol. The summed E-state index contributed by atoms with van der Waals surface area (Å²) in [5.41, 5.74) is 1.51. The molecule has 4 rings (SSSR count). The van der Waals surface area contributed by atoms with E-state index in [2.05, 4.69) is 11.1 Å². The van der Waals surface area contributed by atoms with Crippen molar-refractivity contribution in [3.05, 3.63) is 57.3 Å². The number of hydrogen-bond acceptors (Lipinski definition) is 4. The fourth-order valence-electron chi connectivity index (χ4n) is 3.20. The Morgan fingerprint density at radius 3 is 2.68 bits per heavy atom. The summed E-state index contributed by atoms with van der Waals surface area (Å²) in [6.07, 6.45) is 2.00. The fraction of sp³-hybridized carbons (Fsp3) is 0.278. The number of hydrogen-bond donors (Lipinski definition) is 0. The molecule has 0 unspecified atom stereocenters. The Hall–Kier alpha value is -1.69. The van der Waals surface area contributed by atoms with Gasteiger partial charge in [0.1, 0.15) is 10.3 Å². The maximum absolute atomic E-state index is 12.8. The van der Waals surface area contributed by atoms with Gasteiger partial charge in [0, 0.05) is 24.6 Å². The van der Waals surface area contributed by atoms with Gasteiger partial charge in [0.15, 0.2) is 0 Å². The predicted octanol–water partition coefficient (Wildman–Crippen LogP) is 5.02. The SMILES string of the molecule is O=C(c1cc(Cl)nc(Cl)c1)N1CCC[C@@H](c2nc3ccccc3s2)C1. The summed E-state index contributed by atoms with van der Waals surface area (Å²) in [4.78, 5) is 23.3. The number of aromatic nitrogens is 2. The van der Waals surface area contributed by atoms with Crippen molar-refractivity contribution >= 4 is 50.7 Å². The minimum absolute atomic E-state index is 0.0583. The zero-order valence-corrected chi connectivity index (χ0v) is 15.6. The number of halogens is 2. The quantitative estimate of drug-likeness (QED) is 0.576. The van der Waals surface area contributed by atoms with Crippen LogP contribution in [0.25, 0.3) is 10.2 Å². The number of nitrogens with zero attached hydrogens (tertiary/aromatic N) is 3. The molecule has 4 nitrogen and oxygen atoms in total. The molecule has 3 aromatic rings. The van der Waals surface area contributed by atoms with Crippen LogP contribution in [0.5, 0.6) is 0 Å². The van der Waals surface area contributed by atoms with Gasteiger partial charge in [-0.25, -0.2) is 9.97 Å². The van der Waals surface area contributed by atoms with E-state index in [1.807, 2.05) is 23.1 Å². The van der Waals surface area contributed by atoms with Crippen LogP contribution in [0.2, 0.25) is 10.3 Å². The van der Waals surface area contributed by atoms with Crippen LogP contribution >= 0.6 is 34.5 Å². The fourth-order valence-corrected chi connectivity index (χ4v) is 4.75. The highest BCUT2D eigenvalue weighted by atomic mass is 35.5. The number of fused-ring (bicyclic) bond motifs is 1. The lowest BCUT2D eigenvalue weighted by molar-refractivity contribution is 0.0707. The number of carbonyl (C=O) groups is 1. The van der Waals surface area contributed by atoms with E-state index < -0.39 is 0 Å². The van der Waals surface area contributed by atoms with Crippen molar-refractivity contribution in [3.63, 3.8) is 0 Å². The maximum Gasteiger partial charge on any atom is 0.254 e. The maximum atomic E-state index is 12.8. The monoisotopic (exact) mass is 391 g/mol. The highest BCUT2D eigenvalue weighted by molar-refractivity contribution is 7.18. The molecule has 7 heteroatoms. The molecule has 0 radical (unpaired) electrons. The Balaban J connectivity index is 1.57. The van der Waals surface area contributed by atoms with Gasteiger partial charge < -0.3 is 4.90 Å². The summed E-state index contributed by atoms with van der Waals surface area (Å²) in [5, 5.41) is 1.57. The topological polar surface area (TPSA) is 46.1 Å². The second kappa shape index (κ2) is 6.90. The molecule has 1 fully saturated rings. The molecule has 0 spiro atoms. The Kier molecular flexibility index (Phi) is 4.63. The van der Waals surface area contributed by atoms with Gasteiger partial charge in [-0.1, -0.05) is 35.3 Å². The smallest absolute Gasteiger partial charge is 0.254 e. The van der Waals surface area contributed by atoms with Crippen molar-refractivity contribution in [2.24, 2.45) is 0 Å². The first-order valence-corrected chi connectivity index (χ1v) is 9.65. The standard InChI is InChI=1S/C18H15Cl2N3OS/c19-15-8-12(9-16(20)22-15)18(24)23-7-3-4-11(10-23)17-21-13-5-1-2-6-14(13)25-17/h1-2,5-6,8-9,11H,3-4,7,10H2/t11-/m1/s1. The molecular formula is C18H15Cl2N3OS. The Bertz CT molecular complexity index is 890. The van der Waals surface area contributed by atoms with E-state index in [9.17, 15) is 4.79 Å². The number of carbonyl (C=O) groups excluding carboxylic acids is 1. The van der Waals surface area contributed by atoms with E-state index in [1.165, 1.54) is 4.70 Å². The molecule has 1 atom stereocenters. The molecule has 25 heavy (non-hydrogen) atoms. The van der Waals surface area contributed by atoms with Crippen LogP contribution in [0.4, 0.5) is 0 Å². The summed E-state index contributed by atoms with van der Waals surface area (Å²) in [7, 11) is 0. The van der Waals surface area contributed by atoms with E-state index in [1.54, 1.807) is 23.5 Å². The Labute approximate surface area is 159 Å². The Morgan fingerprint density at radius 2 is 1.92 bits per heavy atom. The number of pyridine rings is 1. The van der Waals surface area contributed by atoms with Gasteiger partial charge >= 0.3 is 0 Å². The first-order valence-electron chi connectivity index (χ1n) is 8.08. The van der Waals surface area contributed by atoms with Crippen LogP contribution in [0.1, 0.15) is 34.1 Å². The third kappa shape index (κ3) is 3.50. The summed E-state index contributed by atoms with van der Waals surface area (Å²) >= 11 is 13.6. The van der Waals surface area contributed by atoms with Crippen molar-refractivity contribution in [3.8, 4) is 0 Å². The van der Waals surface area contributed by atoms with Gasteiger partial charge in [-0.2, -0.15) is 0 Å².